The molecule has 12 rings (SSSR count). The molecular formula is C58H42S2. The highest BCUT2D eigenvalue weighted by atomic mass is 32.1. The monoisotopic (exact) mass is 802 g/mol. The van der Waals surface area contributed by atoms with E-state index in [-0.39, 0.29) is 0 Å². The van der Waals surface area contributed by atoms with Crippen LogP contribution in [0.3, 0.4) is 0 Å². The number of aryl methyl sites for hydroxylation is 6. The molecule has 0 aliphatic rings. The minimum Gasteiger partial charge on any atom is -0.135 e. The molecule has 0 spiro atoms. The van der Waals surface area contributed by atoms with Gasteiger partial charge in [0.25, 0.3) is 0 Å². The summed E-state index contributed by atoms with van der Waals surface area (Å²) >= 11 is 3.91. The van der Waals surface area contributed by atoms with Crippen molar-refractivity contribution in [3.8, 4) is 44.5 Å². The predicted octanol–water partition coefficient (Wildman–Crippen LogP) is 17.8. The van der Waals surface area contributed by atoms with Crippen LogP contribution in [0.4, 0.5) is 0 Å². The van der Waals surface area contributed by atoms with E-state index in [9.17, 15) is 0 Å². The minimum atomic E-state index is 1.25. The Morgan fingerprint density at radius 1 is 0.300 bits per heavy atom. The standard InChI is InChI=1S/C58H42S2/c1-31-21-33(3)53(34(4)22-31)43-29-49-56-46(28-48-42-20-18-40(26-52(42)59-57(48)49)38-15-11-8-12-16-38)44(54-35(5)23-32(2)24-36(54)6)30-50-55(56)45(43)27-47-41-19-17-39(25-51(41)60-58(47)50)37-13-9-7-10-14-37/h7-30H,1-6H3. The summed E-state index contributed by atoms with van der Waals surface area (Å²) in [4.78, 5) is 0. The molecule has 0 unspecified atom stereocenters. The highest BCUT2D eigenvalue weighted by Gasteiger charge is 2.25. The first-order chi connectivity index (χ1) is 29.2. The second-order valence-corrected chi connectivity index (χ2v) is 19.3. The smallest absolute Gasteiger partial charge is 0.0434 e. The Morgan fingerprint density at radius 2 is 0.683 bits per heavy atom. The quantitative estimate of drug-likeness (QED) is 0.156. The van der Waals surface area contributed by atoms with Crippen molar-refractivity contribution in [2.24, 2.45) is 0 Å². The number of rotatable bonds is 4. The highest BCUT2D eigenvalue weighted by molar-refractivity contribution is 7.27. The first-order valence-corrected chi connectivity index (χ1v) is 22.6. The Balaban J connectivity index is 1.30. The maximum Gasteiger partial charge on any atom is 0.0434 e. The zero-order valence-corrected chi connectivity index (χ0v) is 36.3. The molecule has 0 aliphatic heterocycles. The molecule has 0 aliphatic carbocycles. The minimum absolute atomic E-state index is 1.25. The van der Waals surface area contributed by atoms with Crippen LogP contribution in [-0.2, 0) is 0 Å². The zero-order chi connectivity index (χ0) is 40.6. The van der Waals surface area contributed by atoms with E-state index in [2.05, 4.69) is 187 Å². The lowest BCUT2D eigenvalue weighted by Crippen LogP contribution is -1.96. The van der Waals surface area contributed by atoms with Gasteiger partial charge in [-0.3, -0.25) is 0 Å². The van der Waals surface area contributed by atoms with Gasteiger partial charge in [0.2, 0.25) is 0 Å². The van der Waals surface area contributed by atoms with E-state index in [1.165, 1.54) is 151 Å². The second kappa shape index (κ2) is 13.1. The number of thiophene rings is 2. The van der Waals surface area contributed by atoms with Gasteiger partial charge in [-0.25, -0.2) is 0 Å². The molecule has 0 amide bonds. The van der Waals surface area contributed by atoms with E-state index in [1.807, 2.05) is 22.7 Å². The molecule has 0 N–H and O–H groups in total. The van der Waals surface area contributed by atoms with Crippen molar-refractivity contribution in [1.29, 1.82) is 0 Å². The van der Waals surface area contributed by atoms with E-state index in [4.69, 9.17) is 0 Å². The lowest BCUT2D eigenvalue weighted by Gasteiger charge is -2.22. The normalized spacial score (nSPS) is 12.2. The summed E-state index contributed by atoms with van der Waals surface area (Å²) in [5.74, 6) is 0. The summed E-state index contributed by atoms with van der Waals surface area (Å²) in [6.45, 7) is 13.7. The first kappa shape index (κ1) is 35.6. The van der Waals surface area contributed by atoms with Crippen molar-refractivity contribution in [2.75, 3.05) is 0 Å². The van der Waals surface area contributed by atoms with Gasteiger partial charge < -0.3 is 0 Å². The Hall–Kier alpha value is -6.32. The average molecular weight is 803 g/mol. The molecule has 12 aromatic rings. The summed E-state index contributed by atoms with van der Waals surface area (Å²) in [5, 5.41) is 13.5. The Bertz CT molecular complexity index is 3450. The van der Waals surface area contributed by atoms with E-state index in [1.54, 1.807) is 0 Å². The number of fused-ring (bicyclic) bond motifs is 8. The summed E-state index contributed by atoms with van der Waals surface area (Å²) in [7, 11) is 0. The van der Waals surface area contributed by atoms with Gasteiger partial charge in [-0.05, 0) is 166 Å². The lowest BCUT2D eigenvalue weighted by atomic mass is 9.81. The molecule has 0 fully saturated rings. The summed E-state index contributed by atoms with van der Waals surface area (Å²) in [6.07, 6.45) is 0. The molecule has 2 aromatic heterocycles. The molecule has 0 atom stereocenters. The van der Waals surface area contributed by atoms with Crippen molar-refractivity contribution in [3.63, 3.8) is 0 Å². The van der Waals surface area contributed by atoms with Crippen molar-refractivity contribution in [2.45, 2.75) is 41.5 Å². The van der Waals surface area contributed by atoms with E-state index < -0.39 is 0 Å². The molecule has 2 heteroatoms. The molecule has 0 bridgehead atoms. The molecule has 10 aromatic carbocycles. The van der Waals surface area contributed by atoms with Gasteiger partial charge in [0.15, 0.2) is 0 Å². The molecule has 0 nitrogen and oxygen atoms in total. The van der Waals surface area contributed by atoms with Crippen LogP contribution in [-0.4, -0.2) is 0 Å². The van der Waals surface area contributed by atoms with Gasteiger partial charge in [-0.1, -0.05) is 120 Å². The topological polar surface area (TPSA) is 0 Å². The maximum atomic E-state index is 2.58. The third-order valence-electron chi connectivity index (χ3n) is 13.1. The van der Waals surface area contributed by atoms with Crippen molar-refractivity contribution < 1.29 is 0 Å². The van der Waals surface area contributed by atoms with Crippen LogP contribution in [0.25, 0.3) is 117 Å². The third-order valence-corrected chi connectivity index (χ3v) is 15.5. The first-order valence-electron chi connectivity index (χ1n) is 21.0. The summed E-state index contributed by atoms with van der Waals surface area (Å²) in [6, 6.07) is 55.6. The molecule has 0 saturated carbocycles. The molecule has 60 heavy (non-hydrogen) atoms. The van der Waals surface area contributed by atoms with Crippen LogP contribution in [0.2, 0.25) is 0 Å². The van der Waals surface area contributed by atoms with Gasteiger partial charge >= 0.3 is 0 Å². The predicted molar refractivity (Wildman–Crippen MR) is 266 cm³/mol. The van der Waals surface area contributed by atoms with Crippen molar-refractivity contribution >= 4 is 95.3 Å². The fourth-order valence-electron chi connectivity index (χ4n) is 10.8. The van der Waals surface area contributed by atoms with Crippen LogP contribution in [0, 0.1) is 41.5 Å². The van der Waals surface area contributed by atoms with Crippen LogP contribution in [0.5, 0.6) is 0 Å². The number of hydrogen-bond acceptors (Lipinski definition) is 2. The van der Waals surface area contributed by atoms with Gasteiger partial charge in [0.05, 0.1) is 0 Å². The SMILES string of the molecule is Cc1cc(C)c(-c2cc3c4sc5cc(-c6ccccc6)ccc5c4cc4c(-c5c(C)cc(C)cc5C)cc5c6sc7cc(-c8ccccc8)ccc7c6cc2c5c43)c(C)c1. The van der Waals surface area contributed by atoms with Gasteiger partial charge in [0, 0.05) is 51.1 Å². The Kier molecular flexibility index (Phi) is 7.77. The number of benzene rings is 10. The van der Waals surface area contributed by atoms with Crippen LogP contribution in [0.15, 0.2) is 146 Å². The van der Waals surface area contributed by atoms with E-state index >= 15 is 0 Å². The van der Waals surface area contributed by atoms with E-state index in [0.717, 1.165) is 0 Å². The van der Waals surface area contributed by atoms with Crippen LogP contribution in [0.1, 0.15) is 33.4 Å². The van der Waals surface area contributed by atoms with Crippen molar-refractivity contribution in [3.05, 3.63) is 179 Å². The molecule has 0 radical (unpaired) electrons. The number of hydrogen-bond donors (Lipinski definition) is 0. The molecule has 286 valence electrons. The maximum absolute atomic E-state index is 2.58. The summed E-state index contributed by atoms with van der Waals surface area (Å²) < 4.78 is 5.40. The second-order valence-electron chi connectivity index (χ2n) is 17.2. The van der Waals surface area contributed by atoms with Gasteiger partial charge in [-0.15, -0.1) is 22.7 Å². The fraction of sp³-hybridized carbons (Fsp3) is 0.103. The third kappa shape index (κ3) is 5.21. The van der Waals surface area contributed by atoms with Crippen LogP contribution >= 0.6 is 22.7 Å². The highest BCUT2D eigenvalue weighted by Crippen LogP contribution is 2.54. The molecule has 0 saturated heterocycles. The van der Waals surface area contributed by atoms with E-state index in [0.29, 0.717) is 0 Å². The molecular weight excluding hydrogens is 761 g/mol. The largest absolute Gasteiger partial charge is 0.135 e. The van der Waals surface area contributed by atoms with Gasteiger partial charge in [-0.2, -0.15) is 0 Å². The van der Waals surface area contributed by atoms with Gasteiger partial charge in [0.1, 0.15) is 0 Å². The average Bonchev–Trinajstić information content (AvgIpc) is 3.80. The lowest BCUT2D eigenvalue weighted by molar-refractivity contribution is 1.32. The van der Waals surface area contributed by atoms with Crippen molar-refractivity contribution in [1.82, 2.24) is 0 Å². The Labute approximate surface area is 358 Å². The Morgan fingerprint density at radius 3 is 1.07 bits per heavy atom. The van der Waals surface area contributed by atoms with Crippen LogP contribution < -0.4 is 0 Å². The fourth-order valence-corrected chi connectivity index (χ4v) is 13.3. The summed E-state index contributed by atoms with van der Waals surface area (Å²) in [5.41, 5.74) is 18.3. The molecule has 2 heterocycles. The zero-order valence-electron chi connectivity index (χ0n) is 34.7.